The van der Waals surface area contributed by atoms with Crippen LogP contribution in [0.4, 0.5) is 0 Å². The van der Waals surface area contributed by atoms with Crippen molar-refractivity contribution in [3.63, 3.8) is 0 Å². The number of halogens is 1. The summed E-state index contributed by atoms with van der Waals surface area (Å²) in [6, 6.07) is 4.21. The fourth-order valence-electron chi connectivity index (χ4n) is 1.14. The number of amides is 1. The lowest BCUT2D eigenvalue weighted by Crippen LogP contribution is -2.25. The maximum atomic E-state index is 10.7. The molecule has 0 fully saturated rings. The number of hydrogen-bond donors (Lipinski definition) is 2. The minimum atomic E-state index is -1.04. The third kappa shape index (κ3) is 4.32. The Morgan fingerprint density at radius 3 is 2.71 bits per heavy atom. The molecular formula is C11H12ClNO4. The summed E-state index contributed by atoms with van der Waals surface area (Å²) >= 11 is 5.84. The molecule has 1 aromatic carbocycles. The van der Waals surface area contributed by atoms with Crippen LogP contribution < -0.4 is 10.1 Å². The summed E-state index contributed by atoms with van der Waals surface area (Å²) in [6.07, 6.45) is 0. The van der Waals surface area contributed by atoms with Crippen LogP contribution in [0.2, 0.25) is 5.02 Å². The van der Waals surface area contributed by atoms with Crippen LogP contribution in [0.15, 0.2) is 18.2 Å². The predicted octanol–water partition coefficient (Wildman–Crippen LogP) is 1.55. The van der Waals surface area contributed by atoms with E-state index in [-0.39, 0.29) is 23.1 Å². The quantitative estimate of drug-likeness (QED) is 0.785. The fourth-order valence-corrected chi connectivity index (χ4v) is 1.37. The summed E-state index contributed by atoms with van der Waals surface area (Å²) in [7, 11) is 0. The van der Waals surface area contributed by atoms with Gasteiger partial charge in [-0.1, -0.05) is 11.6 Å². The highest BCUT2D eigenvalue weighted by atomic mass is 35.5. The number of aromatic carboxylic acids is 1. The average Bonchev–Trinajstić information content (AvgIpc) is 2.25. The molecule has 0 aliphatic rings. The summed E-state index contributed by atoms with van der Waals surface area (Å²) in [6.45, 7) is 2.05. The number of nitrogens with one attached hydrogen (secondary N) is 1. The van der Waals surface area contributed by atoms with Crippen molar-refractivity contribution in [3.8, 4) is 5.75 Å². The molecule has 0 saturated carbocycles. The first kappa shape index (κ1) is 13.3. The monoisotopic (exact) mass is 257 g/mol. The molecule has 17 heavy (non-hydrogen) atoms. The van der Waals surface area contributed by atoms with Crippen molar-refractivity contribution in [1.82, 2.24) is 5.32 Å². The second kappa shape index (κ2) is 6.10. The van der Waals surface area contributed by atoms with Gasteiger partial charge in [-0.15, -0.1) is 0 Å². The molecule has 92 valence electrons. The maximum Gasteiger partial charge on any atom is 0.335 e. The summed E-state index contributed by atoms with van der Waals surface area (Å²) in [5.41, 5.74) is 0.101. The summed E-state index contributed by atoms with van der Waals surface area (Å²) in [4.78, 5) is 21.2. The van der Waals surface area contributed by atoms with Crippen molar-refractivity contribution in [2.75, 3.05) is 13.2 Å². The molecule has 1 rings (SSSR count). The standard InChI is InChI=1S/C11H12ClNO4/c1-7(14)13-4-5-17-10-3-2-8(11(15)16)6-9(10)12/h2-3,6H,4-5H2,1H3,(H,13,14)(H,15,16). The minimum Gasteiger partial charge on any atom is -0.490 e. The number of carboxylic acids is 1. The Kier molecular flexibility index (Phi) is 4.78. The number of hydrogen-bond acceptors (Lipinski definition) is 3. The molecule has 1 amide bonds. The molecule has 0 unspecified atom stereocenters. The number of ether oxygens (including phenoxy) is 1. The Bertz CT molecular complexity index is 433. The van der Waals surface area contributed by atoms with Gasteiger partial charge < -0.3 is 15.2 Å². The lowest BCUT2D eigenvalue weighted by atomic mass is 10.2. The van der Waals surface area contributed by atoms with Crippen LogP contribution in [-0.2, 0) is 4.79 Å². The van der Waals surface area contributed by atoms with Gasteiger partial charge in [-0.2, -0.15) is 0 Å². The highest BCUT2D eigenvalue weighted by Crippen LogP contribution is 2.25. The number of carbonyl (C=O) groups excluding carboxylic acids is 1. The van der Waals surface area contributed by atoms with E-state index in [4.69, 9.17) is 21.4 Å². The molecule has 0 aliphatic carbocycles. The number of benzene rings is 1. The van der Waals surface area contributed by atoms with Gasteiger partial charge in [0.15, 0.2) is 0 Å². The van der Waals surface area contributed by atoms with Gasteiger partial charge in [0.05, 0.1) is 17.1 Å². The van der Waals surface area contributed by atoms with Crippen molar-refractivity contribution < 1.29 is 19.4 Å². The number of rotatable bonds is 5. The molecule has 0 radical (unpaired) electrons. The molecule has 0 aromatic heterocycles. The molecule has 0 bridgehead atoms. The van der Waals surface area contributed by atoms with Gasteiger partial charge in [0.1, 0.15) is 12.4 Å². The van der Waals surface area contributed by atoms with Gasteiger partial charge in [-0.3, -0.25) is 4.79 Å². The Labute approximate surface area is 103 Å². The Morgan fingerprint density at radius 1 is 1.47 bits per heavy atom. The van der Waals surface area contributed by atoms with Crippen LogP contribution >= 0.6 is 11.6 Å². The minimum absolute atomic E-state index is 0.101. The SMILES string of the molecule is CC(=O)NCCOc1ccc(C(=O)O)cc1Cl. The Hall–Kier alpha value is -1.75. The second-order valence-corrected chi connectivity index (χ2v) is 3.69. The summed E-state index contributed by atoms with van der Waals surface area (Å²) in [5.74, 6) is -0.792. The largest absolute Gasteiger partial charge is 0.490 e. The van der Waals surface area contributed by atoms with Crippen LogP contribution in [0.25, 0.3) is 0 Å². The van der Waals surface area contributed by atoms with Crippen LogP contribution in [0.1, 0.15) is 17.3 Å². The smallest absolute Gasteiger partial charge is 0.335 e. The Morgan fingerprint density at radius 2 is 2.18 bits per heavy atom. The lowest BCUT2D eigenvalue weighted by Gasteiger charge is -2.08. The molecule has 2 N–H and O–H groups in total. The molecule has 0 saturated heterocycles. The van der Waals surface area contributed by atoms with E-state index in [0.717, 1.165) is 0 Å². The number of carboxylic acid groups (broad SMARTS) is 1. The molecule has 5 nitrogen and oxygen atoms in total. The molecule has 0 heterocycles. The zero-order chi connectivity index (χ0) is 12.8. The van der Waals surface area contributed by atoms with E-state index < -0.39 is 5.97 Å². The van der Waals surface area contributed by atoms with Crippen molar-refractivity contribution in [2.45, 2.75) is 6.92 Å². The van der Waals surface area contributed by atoms with E-state index in [1.54, 1.807) is 0 Å². The van der Waals surface area contributed by atoms with Gasteiger partial charge in [0.25, 0.3) is 0 Å². The van der Waals surface area contributed by atoms with E-state index in [1.165, 1.54) is 25.1 Å². The second-order valence-electron chi connectivity index (χ2n) is 3.28. The highest BCUT2D eigenvalue weighted by molar-refractivity contribution is 6.32. The third-order valence-corrected chi connectivity index (χ3v) is 2.21. The van der Waals surface area contributed by atoms with E-state index in [1.807, 2.05) is 0 Å². The van der Waals surface area contributed by atoms with Crippen molar-refractivity contribution in [1.29, 1.82) is 0 Å². The van der Waals surface area contributed by atoms with Gasteiger partial charge in [0, 0.05) is 6.92 Å². The topological polar surface area (TPSA) is 75.6 Å². The van der Waals surface area contributed by atoms with Crippen LogP contribution in [0, 0.1) is 0 Å². The van der Waals surface area contributed by atoms with Crippen LogP contribution in [-0.4, -0.2) is 30.1 Å². The molecule has 1 aromatic rings. The van der Waals surface area contributed by atoms with Gasteiger partial charge in [-0.05, 0) is 18.2 Å². The molecular weight excluding hydrogens is 246 g/mol. The van der Waals surface area contributed by atoms with E-state index in [2.05, 4.69) is 5.32 Å². The first-order valence-corrected chi connectivity index (χ1v) is 5.28. The van der Waals surface area contributed by atoms with Gasteiger partial charge in [0.2, 0.25) is 5.91 Å². The first-order chi connectivity index (χ1) is 8.00. The van der Waals surface area contributed by atoms with Gasteiger partial charge in [-0.25, -0.2) is 4.79 Å². The van der Waals surface area contributed by atoms with Crippen molar-refractivity contribution >= 4 is 23.5 Å². The third-order valence-electron chi connectivity index (χ3n) is 1.91. The highest BCUT2D eigenvalue weighted by Gasteiger charge is 2.07. The van der Waals surface area contributed by atoms with Gasteiger partial charge >= 0.3 is 5.97 Å². The zero-order valence-corrected chi connectivity index (χ0v) is 9.95. The first-order valence-electron chi connectivity index (χ1n) is 4.91. The lowest BCUT2D eigenvalue weighted by molar-refractivity contribution is -0.119. The zero-order valence-electron chi connectivity index (χ0n) is 9.20. The summed E-state index contributed by atoms with van der Waals surface area (Å²) < 4.78 is 5.28. The maximum absolute atomic E-state index is 10.7. The van der Waals surface area contributed by atoms with Crippen molar-refractivity contribution in [3.05, 3.63) is 28.8 Å². The summed E-state index contributed by atoms with van der Waals surface area (Å²) in [5, 5.41) is 11.5. The predicted molar refractivity (Wildman–Crippen MR) is 62.6 cm³/mol. The van der Waals surface area contributed by atoms with Crippen LogP contribution in [0.3, 0.4) is 0 Å². The molecule has 0 atom stereocenters. The van der Waals surface area contributed by atoms with E-state index in [9.17, 15) is 9.59 Å². The van der Waals surface area contributed by atoms with E-state index >= 15 is 0 Å². The number of carbonyl (C=O) groups is 2. The van der Waals surface area contributed by atoms with E-state index in [0.29, 0.717) is 12.3 Å². The van der Waals surface area contributed by atoms with Crippen molar-refractivity contribution in [2.24, 2.45) is 0 Å². The van der Waals surface area contributed by atoms with Crippen LogP contribution in [0.5, 0.6) is 5.75 Å². The molecule has 0 aliphatic heterocycles. The molecule has 6 heteroatoms. The fraction of sp³-hybridized carbons (Fsp3) is 0.273. The average molecular weight is 258 g/mol. The normalized spacial score (nSPS) is 9.76. The Balaban J connectivity index is 2.54. The molecule has 0 spiro atoms.